The molecule has 1 aromatic heterocycles. The minimum atomic E-state index is -0.0660. The SMILES string of the molecule is CCN1c2cc3c(cc2C(C)=CC1(C)C)C=c1c(c2cc4c(cc2n(C)c1=O)=C(C)[NH2+]CC4)O3. The van der Waals surface area contributed by atoms with E-state index >= 15 is 0 Å². The maximum atomic E-state index is 13.4. The summed E-state index contributed by atoms with van der Waals surface area (Å²) in [6, 6.07) is 8.76. The number of fused-ring (bicyclic) bond motifs is 6. The fourth-order valence-corrected chi connectivity index (χ4v) is 6.16. The molecule has 6 rings (SSSR count). The summed E-state index contributed by atoms with van der Waals surface area (Å²) in [5.74, 6) is 1.50. The highest BCUT2D eigenvalue weighted by molar-refractivity contribution is 5.90. The molecule has 0 saturated carbocycles. The number of hydrogen-bond donors (Lipinski definition) is 1. The smallest absolute Gasteiger partial charge is 0.261 e. The molecule has 0 amide bonds. The molecule has 0 aliphatic carbocycles. The molecular weight excluding hydrogens is 422 g/mol. The lowest BCUT2D eigenvalue weighted by atomic mass is 9.87. The number of hydrogen-bond acceptors (Lipinski definition) is 3. The van der Waals surface area contributed by atoms with Crippen molar-refractivity contribution in [2.24, 2.45) is 7.05 Å². The molecule has 0 unspecified atom stereocenters. The Balaban J connectivity index is 1.65. The van der Waals surface area contributed by atoms with Gasteiger partial charge in [0.15, 0.2) is 0 Å². The van der Waals surface area contributed by atoms with Crippen molar-refractivity contribution in [2.75, 3.05) is 18.0 Å². The zero-order chi connectivity index (χ0) is 23.9. The molecule has 0 fully saturated rings. The van der Waals surface area contributed by atoms with Crippen LogP contribution in [-0.4, -0.2) is 23.2 Å². The Labute approximate surface area is 199 Å². The summed E-state index contributed by atoms with van der Waals surface area (Å²) in [7, 11) is 1.86. The number of nitrogens with two attached hydrogens (primary N) is 1. The maximum Gasteiger partial charge on any atom is 0.261 e. The number of pyridine rings is 1. The second-order valence-electron chi connectivity index (χ2n) is 10.4. The highest BCUT2D eigenvalue weighted by Gasteiger charge is 2.32. The lowest BCUT2D eigenvalue weighted by Gasteiger charge is -2.43. The van der Waals surface area contributed by atoms with E-state index in [2.05, 4.69) is 75.2 Å². The number of aromatic nitrogens is 1. The first-order valence-electron chi connectivity index (χ1n) is 12.2. The van der Waals surface area contributed by atoms with E-state index in [0.29, 0.717) is 11.0 Å². The van der Waals surface area contributed by atoms with Crippen LogP contribution < -0.4 is 31.0 Å². The Morgan fingerprint density at radius 3 is 2.71 bits per heavy atom. The van der Waals surface area contributed by atoms with Crippen LogP contribution in [0.2, 0.25) is 0 Å². The monoisotopic (exact) mass is 454 g/mol. The summed E-state index contributed by atoms with van der Waals surface area (Å²) in [6.07, 6.45) is 5.36. The second-order valence-corrected chi connectivity index (χ2v) is 10.4. The van der Waals surface area contributed by atoms with Gasteiger partial charge in [-0.3, -0.25) is 4.79 Å². The molecule has 0 atom stereocenters. The van der Waals surface area contributed by atoms with Gasteiger partial charge in [-0.25, -0.2) is 0 Å². The van der Waals surface area contributed by atoms with E-state index in [1.165, 1.54) is 33.3 Å². The summed E-state index contributed by atoms with van der Waals surface area (Å²) in [6.45, 7) is 13.0. The van der Waals surface area contributed by atoms with Gasteiger partial charge in [-0.2, -0.15) is 0 Å². The Bertz CT molecular complexity index is 1620. The van der Waals surface area contributed by atoms with Gasteiger partial charge in [-0.1, -0.05) is 6.08 Å². The molecule has 5 heteroatoms. The van der Waals surface area contributed by atoms with E-state index in [4.69, 9.17) is 4.74 Å². The number of aryl methyl sites for hydroxylation is 1. The number of allylic oxidation sites excluding steroid dienone is 1. The summed E-state index contributed by atoms with van der Waals surface area (Å²) in [4.78, 5) is 15.9. The molecule has 5 nitrogen and oxygen atoms in total. The van der Waals surface area contributed by atoms with E-state index in [0.717, 1.165) is 41.7 Å². The quantitative estimate of drug-likeness (QED) is 0.481. The van der Waals surface area contributed by atoms with Crippen LogP contribution in [0.1, 0.15) is 51.3 Å². The van der Waals surface area contributed by atoms with Crippen molar-refractivity contribution in [3.8, 4) is 11.5 Å². The first-order valence-corrected chi connectivity index (χ1v) is 12.2. The maximum absolute atomic E-state index is 13.4. The van der Waals surface area contributed by atoms with Crippen LogP contribution in [0.15, 0.2) is 35.1 Å². The largest absolute Gasteiger partial charge is 0.455 e. The lowest BCUT2D eigenvalue weighted by molar-refractivity contribution is -0.567. The van der Waals surface area contributed by atoms with Gasteiger partial charge in [0.05, 0.1) is 22.8 Å². The third kappa shape index (κ3) is 2.86. The molecule has 174 valence electrons. The lowest BCUT2D eigenvalue weighted by Crippen LogP contribution is -2.84. The van der Waals surface area contributed by atoms with Crippen molar-refractivity contribution in [1.82, 2.24) is 4.57 Å². The number of benzene rings is 2. The molecule has 3 aromatic rings. The third-order valence-electron chi connectivity index (χ3n) is 7.83. The van der Waals surface area contributed by atoms with E-state index in [9.17, 15) is 4.79 Å². The van der Waals surface area contributed by atoms with Crippen molar-refractivity contribution < 1.29 is 10.1 Å². The number of ether oxygens (including phenoxy) is 1. The van der Waals surface area contributed by atoms with Crippen molar-refractivity contribution in [2.45, 2.75) is 46.6 Å². The number of rotatable bonds is 1. The van der Waals surface area contributed by atoms with E-state index < -0.39 is 0 Å². The van der Waals surface area contributed by atoms with Crippen molar-refractivity contribution >= 4 is 33.9 Å². The zero-order valence-corrected chi connectivity index (χ0v) is 20.9. The molecule has 4 heterocycles. The van der Waals surface area contributed by atoms with Crippen LogP contribution in [0.3, 0.4) is 0 Å². The molecule has 0 bridgehead atoms. The molecule has 3 aliphatic heterocycles. The van der Waals surface area contributed by atoms with Crippen molar-refractivity contribution in [3.63, 3.8) is 0 Å². The molecule has 2 aromatic carbocycles. The van der Waals surface area contributed by atoms with Crippen molar-refractivity contribution in [3.05, 3.63) is 67.8 Å². The minimum absolute atomic E-state index is 0.0214. The summed E-state index contributed by atoms with van der Waals surface area (Å²) in [5.41, 5.74) is 8.05. The van der Waals surface area contributed by atoms with Gasteiger partial charge in [-0.05, 0) is 63.1 Å². The first-order chi connectivity index (χ1) is 16.2. The molecule has 0 radical (unpaired) electrons. The fourth-order valence-electron chi connectivity index (χ4n) is 6.16. The van der Waals surface area contributed by atoms with Gasteiger partial charge in [-0.15, -0.1) is 0 Å². The van der Waals surface area contributed by atoms with E-state index in [1.54, 1.807) is 4.57 Å². The van der Waals surface area contributed by atoms with Crippen LogP contribution >= 0.6 is 0 Å². The van der Waals surface area contributed by atoms with Gasteiger partial charge in [0.2, 0.25) is 0 Å². The number of anilines is 1. The van der Waals surface area contributed by atoms with Gasteiger partial charge < -0.3 is 19.5 Å². The summed E-state index contributed by atoms with van der Waals surface area (Å²) >= 11 is 0. The normalized spacial score (nSPS) is 17.8. The number of quaternary nitrogens is 1. The average Bonchev–Trinajstić information content (AvgIpc) is 2.80. The summed E-state index contributed by atoms with van der Waals surface area (Å²) < 4.78 is 8.37. The Morgan fingerprint density at radius 2 is 1.94 bits per heavy atom. The third-order valence-corrected chi connectivity index (χ3v) is 7.83. The standard InChI is InChI=1S/C29H31N3O2/c1-7-32-25-14-26-19(11-20(25)16(2)15-29(32,4)5)12-23-27(34-26)22-10-18-8-9-30-17(3)21(18)13-24(22)31(6)28(23)33/h10-15,30H,7-9H2,1-6H3/p+1. The van der Waals surface area contributed by atoms with E-state index in [1.807, 2.05) is 13.1 Å². The van der Waals surface area contributed by atoms with Crippen LogP contribution in [0.5, 0.6) is 11.5 Å². The van der Waals surface area contributed by atoms with Crippen LogP contribution in [-0.2, 0) is 13.5 Å². The van der Waals surface area contributed by atoms with Crippen LogP contribution in [0, 0.1) is 0 Å². The number of likely N-dealkylation sites (N-methyl/N-ethyl adjacent to an activating group) is 1. The highest BCUT2D eigenvalue weighted by atomic mass is 16.5. The van der Waals surface area contributed by atoms with Gasteiger partial charge >= 0.3 is 0 Å². The second kappa shape index (κ2) is 7.09. The van der Waals surface area contributed by atoms with Crippen molar-refractivity contribution in [1.29, 1.82) is 0 Å². The fraction of sp³-hybridized carbons (Fsp3) is 0.345. The predicted molar refractivity (Wildman–Crippen MR) is 139 cm³/mol. The topological polar surface area (TPSA) is 51.1 Å². The van der Waals surface area contributed by atoms with Gasteiger partial charge in [0, 0.05) is 60.4 Å². The average molecular weight is 455 g/mol. The number of nitrogens with zero attached hydrogens (tertiary/aromatic N) is 2. The molecule has 34 heavy (non-hydrogen) atoms. The molecule has 3 aliphatic rings. The molecule has 0 saturated heterocycles. The molecule has 0 spiro atoms. The minimum Gasteiger partial charge on any atom is -0.455 e. The predicted octanol–water partition coefficient (Wildman–Crippen LogP) is 2.74. The van der Waals surface area contributed by atoms with Crippen LogP contribution in [0.25, 0.3) is 28.2 Å². The zero-order valence-electron chi connectivity index (χ0n) is 20.9. The molecular formula is C29H32N3O2+. The Morgan fingerprint density at radius 1 is 1.15 bits per heavy atom. The van der Waals surface area contributed by atoms with Crippen LogP contribution in [0.4, 0.5) is 5.69 Å². The highest BCUT2D eigenvalue weighted by Crippen LogP contribution is 2.44. The van der Waals surface area contributed by atoms with E-state index in [-0.39, 0.29) is 11.1 Å². The summed E-state index contributed by atoms with van der Waals surface area (Å²) in [5, 5.41) is 5.17. The molecule has 2 N–H and O–H groups in total. The van der Waals surface area contributed by atoms with Gasteiger partial charge in [0.1, 0.15) is 17.2 Å². The Kier molecular flexibility index (Phi) is 4.43. The Hall–Kier alpha value is -3.31. The van der Waals surface area contributed by atoms with Gasteiger partial charge in [0.25, 0.3) is 5.56 Å². The first kappa shape index (κ1) is 21.2.